The molecule has 1 amide bonds. The number of likely N-dealkylation sites (tertiary alicyclic amines) is 1. The van der Waals surface area contributed by atoms with Gasteiger partial charge >= 0.3 is 0 Å². The lowest BCUT2D eigenvalue weighted by molar-refractivity contribution is 0.0693. The largest absolute Gasteiger partial charge is 0.468 e. The molecule has 0 unspecified atom stereocenters. The van der Waals surface area contributed by atoms with Gasteiger partial charge in [0.1, 0.15) is 11.5 Å². The predicted molar refractivity (Wildman–Crippen MR) is 79.0 cm³/mol. The highest BCUT2D eigenvalue weighted by Crippen LogP contribution is 2.23. The molecule has 1 aliphatic heterocycles. The minimum Gasteiger partial charge on any atom is -0.468 e. The number of piperidine rings is 1. The zero-order chi connectivity index (χ0) is 15.6. The van der Waals surface area contributed by atoms with Gasteiger partial charge in [-0.3, -0.25) is 4.79 Å². The van der Waals surface area contributed by atoms with Crippen LogP contribution in [0, 0.1) is 0 Å². The SMILES string of the molecule is O=C(c1ccco1)N1CCC(S(=O)(=O)Cc2ccco2)CC1. The highest BCUT2D eigenvalue weighted by molar-refractivity contribution is 7.91. The van der Waals surface area contributed by atoms with Gasteiger partial charge < -0.3 is 13.7 Å². The Kier molecular flexibility index (Phi) is 4.06. The van der Waals surface area contributed by atoms with Crippen LogP contribution in [0.5, 0.6) is 0 Å². The lowest BCUT2D eigenvalue weighted by Gasteiger charge is -2.31. The number of nitrogens with zero attached hydrogens (tertiary/aromatic N) is 1. The Morgan fingerprint density at radius 2 is 1.82 bits per heavy atom. The van der Waals surface area contributed by atoms with Gasteiger partial charge in [0.05, 0.1) is 17.8 Å². The van der Waals surface area contributed by atoms with Gasteiger partial charge in [-0.05, 0) is 37.1 Å². The fraction of sp³-hybridized carbons (Fsp3) is 0.400. The molecule has 1 aliphatic rings. The molecule has 118 valence electrons. The van der Waals surface area contributed by atoms with E-state index in [1.165, 1.54) is 12.5 Å². The predicted octanol–water partition coefficient (Wildman–Crippen LogP) is 2.09. The lowest BCUT2D eigenvalue weighted by Crippen LogP contribution is -2.42. The standard InChI is InChI=1S/C15H17NO5S/c17-15(14-4-2-10-21-14)16-7-5-13(6-8-16)22(18,19)11-12-3-1-9-20-12/h1-4,9-10,13H,5-8,11H2. The van der Waals surface area contributed by atoms with Gasteiger partial charge in [-0.1, -0.05) is 0 Å². The average Bonchev–Trinajstić information content (AvgIpc) is 3.19. The fourth-order valence-electron chi connectivity index (χ4n) is 2.68. The summed E-state index contributed by atoms with van der Waals surface area (Å²) in [7, 11) is -3.26. The molecule has 0 radical (unpaired) electrons. The summed E-state index contributed by atoms with van der Waals surface area (Å²) in [5.41, 5.74) is 0. The number of sulfone groups is 1. The van der Waals surface area contributed by atoms with E-state index in [-0.39, 0.29) is 17.4 Å². The van der Waals surface area contributed by atoms with Crippen LogP contribution in [0.2, 0.25) is 0 Å². The molecule has 7 heteroatoms. The zero-order valence-corrected chi connectivity index (χ0v) is 12.8. The Hall–Kier alpha value is -2.02. The molecule has 0 aliphatic carbocycles. The van der Waals surface area contributed by atoms with E-state index in [0.29, 0.717) is 31.7 Å². The third-order valence-electron chi connectivity index (χ3n) is 3.89. The topological polar surface area (TPSA) is 80.7 Å². The first-order chi connectivity index (χ1) is 10.6. The number of rotatable bonds is 4. The van der Waals surface area contributed by atoms with E-state index >= 15 is 0 Å². The fourth-order valence-corrected chi connectivity index (χ4v) is 4.41. The van der Waals surface area contributed by atoms with Crippen molar-refractivity contribution in [3.8, 4) is 0 Å². The monoisotopic (exact) mass is 323 g/mol. The number of carbonyl (C=O) groups excluding carboxylic acids is 1. The van der Waals surface area contributed by atoms with Crippen LogP contribution >= 0.6 is 0 Å². The number of carbonyl (C=O) groups is 1. The molecule has 2 aromatic heterocycles. The average molecular weight is 323 g/mol. The summed E-state index contributed by atoms with van der Waals surface area (Å²) in [6, 6.07) is 6.61. The van der Waals surface area contributed by atoms with Gasteiger partial charge in [0, 0.05) is 13.1 Å². The minimum atomic E-state index is -3.26. The Bertz CT molecular complexity index is 710. The van der Waals surface area contributed by atoms with E-state index in [4.69, 9.17) is 8.83 Å². The molecule has 22 heavy (non-hydrogen) atoms. The Labute approximate surface area is 128 Å². The highest BCUT2D eigenvalue weighted by Gasteiger charge is 2.32. The molecule has 0 saturated carbocycles. The maximum atomic E-state index is 12.4. The smallest absolute Gasteiger partial charge is 0.289 e. The summed E-state index contributed by atoms with van der Waals surface area (Å²) in [5.74, 6) is 0.467. The van der Waals surface area contributed by atoms with Crippen LogP contribution in [0.1, 0.15) is 29.2 Å². The second-order valence-corrected chi connectivity index (χ2v) is 7.64. The molecule has 0 N–H and O–H groups in total. The van der Waals surface area contributed by atoms with E-state index in [0.717, 1.165) is 0 Å². The second-order valence-electron chi connectivity index (χ2n) is 5.36. The Morgan fingerprint density at radius 1 is 1.14 bits per heavy atom. The summed E-state index contributed by atoms with van der Waals surface area (Å²) in [6.45, 7) is 0.836. The van der Waals surface area contributed by atoms with Crippen molar-refractivity contribution in [3.63, 3.8) is 0 Å². The van der Waals surface area contributed by atoms with Gasteiger partial charge in [0.15, 0.2) is 15.6 Å². The Morgan fingerprint density at radius 3 is 2.41 bits per heavy atom. The number of amides is 1. The molecule has 1 fully saturated rings. The minimum absolute atomic E-state index is 0.0865. The lowest BCUT2D eigenvalue weighted by atomic mass is 10.1. The van der Waals surface area contributed by atoms with Gasteiger partial charge in [-0.2, -0.15) is 0 Å². The number of hydrogen-bond acceptors (Lipinski definition) is 5. The quantitative estimate of drug-likeness (QED) is 0.860. The molecular formula is C15H17NO5S. The summed E-state index contributed by atoms with van der Waals surface area (Å²) in [6.07, 6.45) is 3.80. The van der Waals surface area contributed by atoms with Crippen molar-refractivity contribution >= 4 is 15.7 Å². The van der Waals surface area contributed by atoms with E-state index in [1.54, 1.807) is 29.2 Å². The molecule has 6 nitrogen and oxygen atoms in total. The van der Waals surface area contributed by atoms with Crippen LogP contribution < -0.4 is 0 Å². The van der Waals surface area contributed by atoms with Crippen molar-refractivity contribution in [2.24, 2.45) is 0 Å². The molecule has 3 rings (SSSR count). The van der Waals surface area contributed by atoms with Crippen molar-refractivity contribution in [1.82, 2.24) is 4.90 Å². The summed E-state index contributed by atoms with van der Waals surface area (Å²) in [4.78, 5) is 13.8. The molecule has 0 bridgehead atoms. The van der Waals surface area contributed by atoms with Crippen LogP contribution in [-0.4, -0.2) is 37.6 Å². The van der Waals surface area contributed by atoms with E-state index in [9.17, 15) is 13.2 Å². The van der Waals surface area contributed by atoms with Crippen LogP contribution in [0.15, 0.2) is 45.6 Å². The maximum absolute atomic E-state index is 12.4. The molecule has 0 atom stereocenters. The van der Waals surface area contributed by atoms with Gasteiger partial charge in [-0.25, -0.2) is 8.42 Å². The first-order valence-electron chi connectivity index (χ1n) is 7.13. The summed E-state index contributed by atoms with van der Waals surface area (Å²) < 4.78 is 35.0. The molecule has 1 saturated heterocycles. The van der Waals surface area contributed by atoms with Crippen LogP contribution in [0.3, 0.4) is 0 Å². The molecule has 2 aromatic rings. The third-order valence-corrected chi connectivity index (χ3v) is 6.07. The van der Waals surface area contributed by atoms with Crippen molar-refractivity contribution in [2.45, 2.75) is 23.8 Å². The summed E-state index contributed by atoms with van der Waals surface area (Å²) in [5, 5.41) is -0.432. The molecule has 3 heterocycles. The maximum Gasteiger partial charge on any atom is 0.289 e. The van der Waals surface area contributed by atoms with E-state index in [2.05, 4.69) is 0 Å². The van der Waals surface area contributed by atoms with Crippen LogP contribution in [-0.2, 0) is 15.6 Å². The van der Waals surface area contributed by atoms with Gasteiger partial charge in [-0.15, -0.1) is 0 Å². The third kappa shape index (κ3) is 3.09. The van der Waals surface area contributed by atoms with Gasteiger partial charge in [0.2, 0.25) is 0 Å². The van der Waals surface area contributed by atoms with Crippen molar-refractivity contribution in [1.29, 1.82) is 0 Å². The Balaban J connectivity index is 1.60. The van der Waals surface area contributed by atoms with Gasteiger partial charge in [0.25, 0.3) is 5.91 Å². The van der Waals surface area contributed by atoms with Crippen molar-refractivity contribution in [3.05, 3.63) is 48.3 Å². The van der Waals surface area contributed by atoms with Crippen LogP contribution in [0.4, 0.5) is 0 Å². The first kappa shape index (κ1) is 14.9. The van der Waals surface area contributed by atoms with E-state index in [1.807, 2.05) is 0 Å². The molecular weight excluding hydrogens is 306 g/mol. The van der Waals surface area contributed by atoms with Crippen LogP contribution in [0.25, 0.3) is 0 Å². The summed E-state index contributed by atoms with van der Waals surface area (Å²) >= 11 is 0. The number of furan rings is 2. The first-order valence-corrected chi connectivity index (χ1v) is 8.84. The van der Waals surface area contributed by atoms with Crippen molar-refractivity contribution in [2.75, 3.05) is 13.1 Å². The highest BCUT2D eigenvalue weighted by atomic mass is 32.2. The second kappa shape index (κ2) is 6.00. The molecule has 0 aromatic carbocycles. The zero-order valence-electron chi connectivity index (χ0n) is 12.0. The normalized spacial score (nSPS) is 16.8. The van der Waals surface area contributed by atoms with E-state index < -0.39 is 15.1 Å². The molecule has 0 spiro atoms. The number of hydrogen-bond donors (Lipinski definition) is 0. The van der Waals surface area contributed by atoms with Crippen molar-refractivity contribution < 1.29 is 22.0 Å².